The second-order valence-corrected chi connectivity index (χ2v) is 7.04. The van der Waals surface area contributed by atoms with Gasteiger partial charge in [0.25, 0.3) is 5.91 Å². The SMILES string of the molecule is Cc1cccc2sc(N(CC[NH+](C)C)C(=O)C3=COCCO3)nc12. The van der Waals surface area contributed by atoms with Crippen molar-refractivity contribution in [3.63, 3.8) is 0 Å². The number of ether oxygens (including phenoxy) is 2. The van der Waals surface area contributed by atoms with Gasteiger partial charge in [0.2, 0.25) is 5.76 Å². The first kappa shape index (κ1) is 16.7. The molecule has 0 aliphatic carbocycles. The molecule has 24 heavy (non-hydrogen) atoms. The van der Waals surface area contributed by atoms with Crippen LogP contribution in [0.1, 0.15) is 5.56 Å². The number of nitrogens with zero attached hydrogens (tertiary/aromatic N) is 2. The van der Waals surface area contributed by atoms with Crippen LogP contribution in [0, 0.1) is 6.92 Å². The summed E-state index contributed by atoms with van der Waals surface area (Å²) in [6.45, 7) is 4.28. The van der Waals surface area contributed by atoms with Crippen LogP contribution in [-0.2, 0) is 14.3 Å². The maximum absolute atomic E-state index is 12.9. The predicted molar refractivity (Wildman–Crippen MR) is 94.4 cm³/mol. The Hall–Kier alpha value is -2.12. The summed E-state index contributed by atoms with van der Waals surface area (Å²) < 4.78 is 11.8. The summed E-state index contributed by atoms with van der Waals surface area (Å²) in [7, 11) is 4.12. The molecule has 0 fully saturated rings. The van der Waals surface area contributed by atoms with Crippen LogP contribution in [-0.4, -0.2) is 51.3 Å². The number of benzene rings is 1. The lowest BCUT2D eigenvalue weighted by atomic mass is 10.2. The third-order valence-electron chi connectivity index (χ3n) is 3.78. The largest absolute Gasteiger partial charge is 0.494 e. The van der Waals surface area contributed by atoms with Gasteiger partial charge in [0.15, 0.2) is 5.13 Å². The molecule has 1 N–H and O–H groups in total. The Morgan fingerprint density at radius 2 is 2.21 bits per heavy atom. The van der Waals surface area contributed by atoms with E-state index in [0.29, 0.717) is 24.9 Å². The number of carbonyl (C=O) groups is 1. The van der Waals surface area contributed by atoms with Crippen LogP contribution in [0.5, 0.6) is 0 Å². The van der Waals surface area contributed by atoms with Gasteiger partial charge in [-0.15, -0.1) is 0 Å². The van der Waals surface area contributed by atoms with Gasteiger partial charge in [-0.2, -0.15) is 0 Å². The second-order valence-electron chi connectivity index (χ2n) is 6.03. The molecule has 1 aromatic heterocycles. The van der Waals surface area contributed by atoms with Gasteiger partial charge in [0, 0.05) is 0 Å². The maximum atomic E-state index is 12.9. The van der Waals surface area contributed by atoms with E-state index in [1.54, 1.807) is 4.90 Å². The monoisotopic (exact) mass is 348 g/mol. The van der Waals surface area contributed by atoms with E-state index in [2.05, 4.69) is 14.1 Å². The molecule has 0 saturated carbocycles. The summed E-state index contributed by atoms with van der Waals surface area (Å²) >= 11 is 1.52. The van der Waals surface area contributed by atoms with E-state index in [1.807, 2.05) is 25.1 Å². The normalized spacial score (nSPS) is 14.2. The Morgan fingerprint density at radius 3 is 2.88 bits per heavy atom. The zero-order valence-corrected chi connectivity index (χ0v) is 15.0. The van der Waals surface area contributed by atoms with Crippen LogP contribution < -0.4 is 9.80 Å². The van der Waals surface area contributed by atoms with Crippen LogP contribution in [0.2, 0.25) is 0 Å². The zero-order valence-electron chi connectivity index (χ0n) is 14.2. The fourth-order valence-corrected chi connectivity index (χ4v) is 3.49. The molecular weight excluding hydrogens is 326 g/mol. The third kappa shape index (κ3) is 3.52. The van der Waals surface area contributed by atoms with Crippen LogP contribution >= 0.6 is 11.3 Å². The third-order valence-corrected chi connectivity index (χ3v) is 4.82. The number of nitrogens with one attached hydrogen (secondary N) is 1. The molecule has 1 aliphatic rings. The minimum atomic E-state index is -0.201. The van der Waals surface area contributed by atoms with E-state index < -0.39 is 0 Å². The van der Waals surface area contributed by atoms with Crippen molar-refractivity contribution in [2.75, 3.05) is 45.3 Å². The van der Waals surface area contributed by atoms with Crippen molar-refractivity contribution in [2.45, 2.75) is 6.92 Å². The molecule has 0 spiro atoms. The molecule has 2 heterocycles. The number of hydrogen-bond acceptors (Lipinski definition) is 5. The average molecular weight is 348 g/mol. The van der Waals surface area contributed by atoms with Crippen molar-refractivity contribution in [3.8, 4) is 0 Å². The molecule has 0 radical (unpaired) electrons. The Morgan fingerprint density at radius 1 is 1.38 bits per heavy atom. The molecule has 128 valence electrons. The molecule has 1 aromatic carbocycles. The Labute approximate surface area is 145 Å². The Kier molecular flexibility index (Phi) is 5.01. The highest BCUT2D eigenvalue weighted by Gasteiger charge is 2.26. The highest BCUT2D eigenvalue weighted by Crippen LogP contribution is 2.31. The number of aromatic nitrogens is 1. The van der Waals surface area contributed by atoms with Gasteiger partial charge >= 0.3 is 0 Å². The van der Waals surface area contributed by atoms with Gasteiger partial charge in [-0.05, 0) is 18.6 Å². The Balaban J connectivity index is 1.94. The fraction of sp³-hybridized carbons (Fsp3) is 0.412. The van der Waals surface area contributed by atoms with Crippen LogP contribution in [0.25, 0.3) is 10.2 Å². The molecule has 6 nitrogen and oxygen atoms in total. The molecule has 0 saturated heterocycles. The lowest BCUT2D eigenvalue weighted by molar-refractivity contribution is -0.856. The van der Waals surface area contributed by atoms with E-state index in [9.17, 15) is 4.79 Å². The highest BCUT2D eigenvalue weighted by molar-refractivity contribution is 7.22. The molecule has 7 heteroatoms. The quantitative estimate of drug-likeness (QED) is 0.875. The molecular formula is C17H22N3O3S+. The smallest absolute Gasteiger partial charge is 0.298 e. The van der Waals surface area contributed by atoms with E-state index in [4.69, 9.17) is 14.5 Å². The van der Waals surface area contributed by atoms with Crippen molar-refractivity contribution in [1.82, 2.24) is 4.98 Å². The first-order chi connectivity index (χ1) is 11.6. The van der Waals surface area contributed by atoms with Gasteiger partial charge in [-0.25, -0.2) is 4.98 Å². The number of rotatable bonds is 5. The average Bonchev–Trinajstić information content (AvgIpc) is 3.01. The number of hydrogen-bond donors (Lipinski definition) is 1. The topological polar surface area (TPSA) is 56.1 Å². The number of fused-ring (bicyclic) bond motifs is 1. The van der Waals surface area contributed by atoms with Crippen molar-refractivity contribution in [1.29, 1.82) is 0 Å². The van der Waals surface area contributed by atoms with Gasteiger partial charge in [0.1, 0.15) is 19.5 Å². The first-order valence-electron chi connectivity index (χ1n) is 7.98. The number of likely N-dealkylation sites (N-methyl/N-ethyl adjacent to an activating group) is 1. The molecule has 1 aliphatic heterocycles. The van der Waals surface area contributed by atoms with Crippen LogP contribution in [0.3, 0.4) is 0 Å². The molecule has 0 bridgehead atoms. The molecule has 0 atom stereocenters. The number of para-hydroxylation sites is 1. The first-order valence-corrected chi connectivity index (χ1v) is 8.79. The van der Waals surface area contributed by atoms with Crippen molar-refractivity contribution >= 4 is 32.6 Å². The minimum Gasteiger partial charge on any atom is -0.494 e. The molecule has 1 amide bonds. The van der Waals surface area contributed by atoms with Gasteiger partial charge in [-0.3, -0.25) is 9.69 Å². The van der Waals surface area contributed by atoms with Crippen molar-refractivity contribution in [2.24, 2.45) is 0 Å². The summed E-state index contributed by atoms with van der Waals surface area (Å²) in [5.41, 5.74) is 2.05. The standard InChI is InChI=1S/C17H21N3O3S/c1-12-5-4-6-14-15(12)18-17(24-14)20(8-7-19(2)3)16(21)13-11-22-9-10-23-13/h4-6,11H,7-10H2,1-3H3/p+1. The summed E-state index contributed by atoms with van der Waals surface area (Å²) in [6.07, 6.45) is 1.40. The van der Waals surface area contributed by atoms with Gasteiger partial charge in [-0.1, -0.05) is 23.5 Å². The summed E-state index contributed by atoms with van der Waals surface area (Å²) in [5, 5.41) is 0.695. The lowest BCUT2D eigenvalue weighted by Crippen LogP contribution is -3.06. The minimum absolute atomic E-state index is 0.201. The number of amides is 1. The summed E-state index contributed by atoms with van der Waals surface area (Å²) in [6, 6.07) is 6.07. The summed E-state index contributed by atoms with van der Waals surface area (Å²) in [5.74, 6) is 0.0404. The predicted octanol–water partition coefficient (Wildman–Crippen LogP) is 0.970. The number of carbonyl (C=O) groups excluding carboxylic acids is 1. The maximum Gasteiger partial charge on any atom is 0.298 e. The Bertz CT molecular complexity index is 770. The van der Waals surface area contributed by atoms with Gasteiger partial charge < -0.3 is 14.4 Å². The highest BCUT2D eigenvalue weighted by atomic mass is 32.1. The van der Waals surface area contributed by atoms with E-state index in [-0.39, 0.29) is 11.7 Å². The van der Waals surface area contributed by atoms with Gasteiger partial charge in [0.05, 0.1) is 37.4 Å². The summed E-state index contributed by atoms with van der Waals surface area (Å²) in [4.78, 5) is 20.5. The van der Waals surface area contributed by atoms with Crippen molar-refractivity contribution < 1.29 is 19.2 Å². The number of thiazole rings is 1. The number of aryl methyl sites for hydroxylation is 1. The molecule has 2 aromatic rings. The second kappa shape index (κ2) is 7.19. The number of anilines is 1. The van der Waals surface area contributed by atoms with E-state index in [0.717, 1.165) is 22.3 Å². The van der Waals surface area contributed by atoms with Crippen LogP contribution in [0.15, 0.2) is 30.2 Å². The number of quaternary nitrogens is 1. The van der Waals surface area contributed by atoms with Crippen molar-refractivity contribution in [3.05, 3.63) is 35.8 Å². The zero-order chi connectivity index (χ0) is 17.1. The molecule has 0 unspecified atom stereocenters. The van der Waals surface area contributed by atoms with E-state index in [1.165, 1.54) is 22.5 Å². The lowest BCUT2D eigenvalue weighted by Gasteiger charge is -2.23. The van der Waals surface area contributed by atoms with Crippen LogP contribution in [0.4, 0.5) is 5.13 Å². The fourth-order valence-electron chi connectivity index (χ4n) is 2.42. The molecule has 3 rings (SSSR count). The van der Waals surface area contributed by atoms with E-state index >= 15 is 0 Å².